The summed E-state index contributed by atoms with van der Waals surface area (Å²) >= 11 is 0. The molecule has 5 heteroatoms. The predicted molar refractivity (Wildman–Crippen MR) is 87.1 cm³/mol. The highest BCUT2D eigenvalue weighted by molar-refractivity contribution is 5.94. The summed E-state index contributed by atoms with van der Waals surface area (Å²) in [7, 11) is 0. The molecule has 2 fully saturated rings. The first-order valence-electron chi connectivity index (χ1n) is 8.64. The number of carbonyl (C=O) groups is 1. The molecular weight excluding hydrogens is 292 g/mol. The normalized spacial score (nSPS) is 21.9. The van der Waals surface area contributed by atoms with Crippen LogP contribution in [0.1, 0.15) is 36.0 Å². The van der Waals surface area contributed by atoms with Crippen LogP contribution in [0.25, 0.3) is 0 Å². The molecule has 1 amide bonds. The molecular formula is C18H24N2O3. The van der Waals surface area contributed by atoms with Crippen LogP contribution in [0, 0.1) is 5.41 Å². The minimum Gasteiger partial charge on any atom is -0.486 e. The Balaban J connectivity index is 1.34. The van der Waals surface area contributed by atoms with Crippen molar-refractivity contribution in [1.29, 1.82) is 0 Å². The summed E-state index contributed by atoms with van der Waals surface area (Å²) in [5.74, 6) is 1.37. The maximum atomic E-state index is 12.4. The summed E-state index contributed by atoms with van der Waals surface area (Å²) in [5.41, 5.74) is 0.958. The van der Waals surface area contributed by atoms with Gasteiger partial charge in [0.15, 0.2) is 11.5 Å². The second-order valence-corrected chi connectivity index (χ2v) is 7.02. The van der Waals surface area contributed by atoms with Crippen LogP contribution in [0.4, 0.5) is 0 Å². The van der Waals surface area contributed by atoms with E-state index in [4.69, 9.17) is 9.47 Å². The molecule has 1 aliphatic carbocycles. The van der Waals surface area contributed by atoms with Crippen molar-refractivity contribution >= 4 is 5.91 Å². The lowest BCUT2D eigenvalue weighted by Crippen LogP contribution is -2.37. The van der Waals surface area contributed by atoms with E-state index in [2.05, 4.69) is 10.2 Å². The Kier molecular flexibility index (Phi) is 3.89. The zero-order valence-corrected chi connectivity index (χ0v) is 13.5. The predicted octanol–water partition coefficient (Wildman–Crippen LogP) is 2.06. The van der Waals surface area contributed by atoms with Crippen molar-refractivity contribution in [3.8, 4) is 11.5 Å². The van der Waals surface area contributed by atoms with E-state index in [9.17, 15) is 4.79 Å². The molecule has 2 aliphatic heterocycles. The quantitative estimate of drug-likeness (QED) is 0.903. The molecule has 1 aromatic carbocycles. The zero-order valence-electron chi connectivity index (χ0n) is 13.5. The minimum atomic E-state index is -0.0188. The number of fused-ring (bicyclic) bond motifs is 1. The first kappa shape index (κ1) is 14.8. The molecule has 23 heavy (non-hydrogen) atoms. The third-order valence-corrected chi connectivity index (χ3v) is 5.14. The number of nitrogens with one attached hydrogen (secondary N) is 1. The average Bonchev–Trinajstić information content (AvgIpc) is 3.15. The van der Waals surface area contributed by atoms with E-state index >= 15 is 0 Å². The fraction of sp³-hybridized carbons (Fsp3) is 0.611. The Bertz CT molecular complexity index is 592. The van der Waals surface area contributed by atoms with Crippen LogP contribution in [0.3, 0.4) is 0 Å². The average molecular weight is 316 g/mol. The molecule has 0 spiro atoms. The van der Waals surface area contributed by atoms with E-state index in [1.165, 1.54) is 38.8 Å². The molecule has 1 saturated carbocycles. The molecule has 2 heterocycles. The molecule has 4 rings (SSSR count). The highest BCUT2D eigenvalue weighted by atomic mass is 16.6. The molecule has 0 bridgehead atoms. The molecule has 3 aliphatic rings. The van der Waals surface area contributed by atoms with Crippen molar-refractivity contribution < 1.29 is 14.3 Å². The Hall–Kier alpha value is -1.75. The summed E-state index contributed by atoms with van der Waals surface area (Å²) in [5, 5.41) is 3.12. The Morgan fingerprint density at radius 3 is 2.61 bits per heavy atom. The number of hydrogen-bond donors (Lipinski definition) is 1. The Morgan fingerprint density at radius 1 is 1.13 bits per heavy atom. The van der Waals surface area contributed by atoms with Crippen molar-refractivity contribution in [3.63, 3.8) is 0 Å². The number of rotatable bonds is 5. The highest BCUT2D eigenvalue weighted by Gasteiger charge is 2.44. The number of nitrogens with zero attached hydrogens (tertiary/aromatic N) is 1. The number of likely N-dealkylation sites (tertiary alicyclic amines) is 1. The maximum absolute atomic E-state index is 12.4. The van der Waals surface area contributed by atoms with E-state index in [0.717, 1.165) is 18.8 Å². The SMILES string of the molecule is O=C(NCC1(CN2CCCC2)CC1)c1ccc2c(c1)OCCO2. The zero-order chi connectivity index (χ0) is 15.7. The van der Waals surface area contributed by atoms with E-state index in [1.54, 1.807) is 6.07 Å². The fourth-order valence-corrected chi connectivity index (χ4v) is 3.54. The number of benzene rings is 1. The largest absolute Gasteiger partial charge is 0.486 e. The van der Waals surface area contributed by atoms with Gasteiger partial charge in [0.1, 0.15) is 13.2 Å². The number of carbonyl (C=O) groups excluding carboxylic acids is 1. The van der Waals surface area contributed by atoms with Gasteiger partial charge in [-0.1, -0.05) is 0 Å². The van der Waals surface area contributed by atoms with Gasteiger partial charge in [0, 0.05) is 24.1 Å². The summed E-state index contributed by atoms with van der Waals surface area (Å²) in [6, 6.07) is 5.41. The van der Waals surface area contributed by atoms with Gasteiger partial charge in [-0.3, -0.25) is 4.79 Å². The Labute approximate surface area is 136 Å². The standard InChI is InChI=1S/C18H24N2O3/c21-17(14-3-4-15-16(11-14)23-10-9-22-15)19-12-18(5-6-18)13-20-7-1-2-8-20/h3-4,11H,1-2,5-10,12-13H2,(H,19,21). The van der Waals surface area contributed by atoms with Gasteiger partial charge >= 0.3 is 0 Å². The van der Waals surface area contributed by atoms with Gasteiger partial charge in [-0.15, -0.1) is 0 Å². The molecule has 124 valence electrons. The topological polar surface area (TPSA) is 50.8 Å². The molecule has 1 saturated heterocycles. The van der Waals surface area contributed by atoms with Gasteiger partial charge in [-0.05, 0) is 57.0 Å². The van der Waals surface area contributed by atoms with Crippen molar-refractivity contribution in [3.05, 3.63) is 23.8 Å². The van der Waals surface area contributed by atoms with Crippen LogP contribution in [0.5, 0.6) is 11.5 Å². The molecule has 1 N–H and O–H groups in total. The van der Waals surface area contributed by atoms with E-state index in [-0.39, 0.29) is 5.91 Å². The third kappa shape index (κ3) is 3.29. The Morgan fingerprint density at radius 2 is 1.87 bits per heavy atom. The van der Waals surface area contributed by atoms with Gasteiger partial charge in [-0.25, -0.2) is 0 Å². The molecule has 1 aromatic rings. The molecule has 0 aromatic heterocycles. The van der Waals surface area contributed by atoms with E-state index < -0.39 is 0 Å². The fourth-order valence-electron chi connectivity index (χ4n) is 3.54. The highest BCUT2D eigenvalue weighted by Crippen LogP contribution is 2.46. The maximum Gasteiger partial charge on any atom is 0.251 e. The van der Waals surface area contributed by atoms with Gasteiger partial charge < -0.3 is 19.7 Å². The lowest BCUT2D eigenvalue weighted by atomic mass is 10.1. The smallest absolute Gasteiger partial charge is 0.251 e. The summed E-state index contributed by atoms with van der Waals surface area (Å²) in [4.78, 5) is 15.0. The lowest BCUT2D eigenvalue weighted by molar-refractivity contribution is 0.0939. The van der Waals surface area contributed by atoms with Crippen molar-refractivity contribution in [1.82, 2.24) is 10.2 Å². The summed E-state index contributed by atoms with van der Waals surface area (Å²) in [6.45, 7) is 5.45. The van der Waals surface area contributed by atoms with Crippen LogP contribution in [-0.4, -0.2) is 50.2 Å². The van der Waals surface area contributed by atoms with Gasteiger partial charge in [0.05, 0.1) is 0 Å². The third-order valence-electron chi connectivity index (χ3n) is 5.14. The van der Waals surface area contributed by atoms with Crippen molar-refractivity contribution in [2.45, 2.75) is 25.7 Å². The molecule has 0 atom stereocenters. The first-order valence-corrected chi connectivity index (χ1v) is 8.64. The monoisotopic (exact) mass is 316 g/mol. The second kappa shape index (κ2) is 6.04. The second-order valence-electron chi connectivity index (χ2n) is 7.02. The van der Waals surface area contributed by atoms with E-state index in [0.29, 0.717) is 29.9 Å². The minimum absolute atomic E-state index is 0.0188. The number of hydrogen-bond acceptors (Lipinski definition) is 4. The van der Waals surface area contributed by atoms with Crippen molar-refractivity contribution in [2.24, 2.45) is 5.41 Å². The van der Waals surface area contributed by atoms with Crippen LogP contribution < -0.4 is 14.8 Å². The number of amides is 1. The summed E-state index contributed by atoms with van der Waals surface area (Å²) in [6.07, 6.45) is 5.09. The van der Waals surface area contributed by atoms with Crippen LogP contribution in [0.15, 0.2) is 18.2 Å². The van der Waals surface area contributed by atoms with Gasteiger partial charge in [0.2, 0.25) is 0 Å². The molecule has 5 nitrogen and oxygen atoms in total. The van der Waals surface area contributed by atoms with Crippen LogP contribution in [0.2, 0.25) is 0 Å². The van der Waals surface area contributed by atoms with Crippen LogP contribution in [-0.2, 0) is 0 Å². The van der Waals surface area contributed by atoms with Crippen molar-refractivity contribution in [2.75, 3.05) is 39.4 Å². The van der Waals surface area contributed by atoms with Crippen LogP contribution >= 0.6 is 0 Å². The molecule has 0 radical (unpaired) electrons. The lowest BCUT2D eigenvalue weighted by Gasteiger charge is -2.23. The molecule has 0 unspecified atom stereocenters. The van der Waals surface area contributed by atoms with E-state index in [1.807, 2.05) is 12.1 Å². The summed E-state index contributed by atoms with van der Waals surface area (Å²) < 4.78 is 11.0. The number of ether oxygens (including phenoxy) is 2. The first-order chi connectivity index (χ1) is 11.2. The van der Waals surface area contributed by atoms with Gasteiger partial charge in [-0.2, -0.15) is 0 Å². The van der Waals surface area contributed by atoms with Gasteiger partial charge in [0.25, 0.3) is 5.91 Å².